The largest absolute Gasteiger partial charge is 0.312 e. The fourth-order valence-electron chi connectivity index (χ4n) is 2.05. The first-order valence-electron chi connectivity index (χ1n) is 6.32. The summed E-state index contributed by atoms with van der Waals surface area (Å²) in [5.74, 6) is 1.01. The Kier molecular flexibility index (Phi) is 3.43. The second-order valence-electron chi connectivity index (χ2n) is 4.55. The highest BCUT2D eigenvalue weighted by Crippen LogP contribution is 2.34. The number of fused-ring (bicyclic) bond motifs is 1. The quantitative estimate of drug-likeness (QED) is 0.487. The standard InChI is InChI=1S/C12H15ClN4S/c1-2-6-18-12-15-10(13)9-11(16-12)17(7-14-9)8-4-3-5-8/h7-8H,2-6H2,1H3. The Morgan fingerprint density at radius 3 is 2.94 bits per heavy atom. The van der Waals surface area contributed by atoms with Crippen LogP contribution in [0.15, 0.2) is 11.5 Å². The monoisotopic (exact) mass is 282 g/mol. The first-order valence-corrected chi connectivity index (χ1v) is 7.69. The molecule has 1 saturated carbocycles. The lowest BCUT2D eigenvalue weighted by molar-refractivity contribution is 0.319. The minimum Gasteiger partial charge on any atom is -0.312 e. The minimum absolute atomic E-state index is 0.469. The molecule has 0 amide bonds. The Labute approximate surface area is 115 Å². The molecule has 0 N–H and O–H groups in total. The van der Waals surface area contributed by atoms with Crippen LogP contribution >= 0.6 is 23.4 Å². The number of imidazole rings is 1. The molecule has 0 aliphatic heterocycles. The smallest absolute Gasteiger partial charge is 0.191 e. The van der Waals surface area contributed by atoms with Crippen LogP contribution in [-0.2, 0) is 0 Å². The third kappa shape index (κ3) is 2.10. The summed E-state index contributed by atoms with van der Waals surface area (Å²) in [6, 6.07) is 0.546. The molecule has 1 fully saturated rings. The number of thioether (sulfide) groups is 1. The topological polar surface area (TPSA) is 43.6 Å². The Balaban J connectivity index is 2.02. The van der Waals surface area contributed by atoms with E-state index < -0.39 is 0 Å². The molecule has 1 aliphatic rings. The molecule has 0 unspecified atom stereocenters. The predicted molar refractivity (Wildman–Crippen MR) is 74.2 cm³/mol. The van der Waals surface area contributed by atoms with Gasteiger partial charge in [0.05, 0.1) is 6.33 Å². The third-order valence-electron chi connectivity index (χ3n) is 3.26. The van der Waals surface area contributed by atoms with Gasteiger partial charge in [-0.25, -0.2) is 15.0 Å². The molecule has 0 radical (unpaired) electrons. The summed E-state index contributed by atoms with van der Waals surface area (Å²) in [7, 11) is 0. The van der Waals surface area contributed by atoms with Crippen LogP contribution in [0, 0.1) is 0 Å². The fraction of sp³-hybridized carbons (Fsp3) is 0.583. The van der Waals surface area contributed by atoms with E-state index in [1.165, 1.54) is 19.3 Å². The van der Waals surface area contributed by atoms with Crippen molar-refractivity contribution in [1.29, 1.82) is 0 Å². The molecule has 0 saturated heterocycles. The average molecular weight is 283 g/mol. The maximum absolute atomic E-state index is 6.18. The molecule has 0 atom stereocenters. The normalized spacial score (nSPS) is 16.1. The highest BCUT2D eigenvalue weighted by molar-refractivity contribution is 7.99. The molecule has 3 rings (SSSR count). The summed E-state index contributed by atoms with van der Waals surface area (Å²) in [6.07, 6.45) is 6.67. The molecule has 4 nitrogen and oxygen atoms in total. The lowest BCUT2D eigenvalue weighted by atomic mass is 9.93. The molecular weight excluding hydrogens is 268 g/mol. The van der Waals surface area contributed by atoms with Crippen molar-refractivity contribution < 1.29 is 0 Å². The van der Waals surface area contributed by atoms with E-state index in [2.05, 4.69) is 26.4 Å². The molecule has 1 aliphatic carbocycles. The van der Waals surface area contributed by atoms with Crippen molar-refractivity contribution in [3.8, 4) is 0 Å². The van der Waals surface area contributed by atoms with Crippen molar-refractivity contribution in [2.45, 2.75) is 43.8 Å². The Morgan fingerprint density at radius 2 is 2.28 bits per heavy atom. The number of halogens is 1. The molecule has 0 aromatic carbocycles. The summed E-state index contributed by atoms with van der Waals surface area (Å²) in [5.41, 5.74) is 1.61. The number of hydrogen-bond acceptors (Lipinski definition) is 4. The van der Waals surface area contributed by atoms with Crippen LogP contribution in [0.25, 0.3) is 11.2 Å². The van der Waals surface area contributed by atoms with Crippen molar-refractivity contribution in [1.82, 2.24) is 19.5 Å². The zero-order valence-corrected chi connectivity index (χ0v) is 11.8. The molecule has 96 valence electrons. The molecule has 2 heterocycles. The zero-order valence-electron chi connectivity index (χ0n) is 10.3. The lowest BCUT2D eigenvalue weighted by Crippen LogP contribution is -2.16. The summed E-state index contributed by atoms with van der Waals surface area (Å²) in [5, 5.41) is 1.23. The first-order chi connectivity index (χ1) is 8.79. The highest BCUT2D eigenvalue weighted by atomic mass is 35.5. The maximum Gasteiger partial charge on any atom is 0.191 e. The molecule has 6 heteroatoms. The zero-order chi connectivity index (χ0) is 12.5. The van der Waals surface area contributed by atoms with E-state index in [1.807, 2.05) is 6.33 Å². The van der Waals surface area contributed by atoms with E-state index in [0.29, 0.717) is 11.2 Å². The van der Waals surface area contributed by atoms with Gasteiger partial charge in [-0.3, -0.25) is 0 Å². The first kappa shape index (κ1) is 12.2. The van der Waals surface area contributed by atoms with Gasteiger partial charge in [0.15, 0.2) is 16.0 Å². The van der Waals surface area contributed by atoms with E-state index in [0.717, 1.165) is 28.5 Å². The summed E-state index contributed by atoms with van der Waals surface area (Å²) >= 11 is 7.83. The van der Waals surface area contributed by atoms with Crippen LogP contribution in [0.4, 0.5) is 0 Å². The Morgan fingerprint density at radius 1 is 1.44 bits per heavy atom. The van der Waals surface area contributed by atoms with Gasteiger partial charge in [-0.15, -0.1) is 0 Å². The van der Waals surface area contributed by atoms with E-state index in [4.69, 9.17) is 11.6 Å². The van der Waals surface area contributed by atoms with Gasteiger partial charge in [0, 0.05) is 11.8 Å². The van der Waals surface area contributed by atoms with Crippen molar-refractivity contribution in [2.75, 3.05) is 5.75 Å². The van der Waals surface area contributed by atoms with Gasteiger partial charge in [-0.1, -0.05) is 30.3 Å². The van der Waals surface area contributed by atoms with Crippen LogP contribution in [0.2, 0.25) is 5.15 Å². The van der Waals surface area contributed by atoms with Gasteiger partial charge < -0.3 is 4.57 Å². The van der Waals surface area contributed by atoms with Gasteiger partial charge >= 0.3 is 0 Å². The van der Waals surface area contributed by atoms with Gasteiger partial charge in [0.1, 0.15) is 5.52 Å². The summed E-state index contributed by atoms with van der Waals surface area (Å²) < 4.78 is 2.16. The third-order valence-corrected chi connectivity index (χ3v) is 4.58. The predicted octanol–water partition coefficient (Wildman–Crippen LogP) is 3.71. The van der Waals surface area contributed by atoms with Gasteiger partial charge in [0.25, 0.3) is 0 Å². The van der Waals surface area contributed by atoms with Crippen molar-refractivity contribution in [2.24, 2.45) is 0 Å². The van der Waals surface area contributed by atoms with E-state index in [1.54, 1.807) is 11.8 Å². The number of hydrogen-bond donors (Lipinski definition) is 0. The van der Waals surface area contributed by atoms with Crippen molar-refractivity contribution in [3.63, 3.8) is 0 Å². The Bertz CT molecular complexity index is 564. The molecule has 2 aromatic heterocycles. The van der Waals surface area contributed by atoms with Crippen LogP contribution in [0.3, 0.4) is 0 Å². The lowest BCUT2D eigenvalue weighted by Gasteiger charge is -2.26. The summed E-state index contributed by atoms with van der Waals surface area (Å²) in [4.78, 5) is 13.2. The summed E-state index contributed by atoms with van der Waals surface area (Å²) in [6.45, 7) is 2.14. The van der Waals surface area contributed by atoms with Crippen LogP contribution < -0.4 is 0 Å². The van der Waals surface area contributed by atoms with Crippen molar-refractivity contribution in [3.05, 3.63) is 11.5 Å². The van der Waals surface area contributed by atoms with Crippen molar-refractivity contribution >= 4 is 34.5 Å². The van der Waals surface area contributed by atoms with E-state index >= 15 is 0 Å². The van der Waals surface area contributed by atoms with Crippen LogP contribution in [0.5, 0.6) is 0 Å². The van der Waals surface area contributed by atoms with Gasteiger partial charge in [-0.05, 0) is 25.7 Å². The molecule has 2 aromatic rings. The Hall–Kier alpha value is -0.810. The fourth-order valence-corrected chi connectivity index (χ4v) is 3.01. The molecular formula is C12H15ClN4S. The van der Waals surface area contributed by atoms with Gasteiger partial charge in [0.2, 0.25) is 0 Å². The highest BCUT2D eigenvalue weighted by Gasteiger charge is 2.23. The van der Waals surface area contributed by atoms with E-state index in [-0.39, 0.29) is 0 Å². The maximum atomic E-state index is 6.18. The minimum atomic E-state index is 0.469. The molecule has 0 bridgehead atoms. The van der Waals surface area contributed by atoms with Crippen LogP contribution in [-0.4, -0.2) is 25.3 Å². The van der Waals surface area contributed by atoms with Gasteiger partial charge in [-0.2, -0.15) is 0 Å². The second kappa shape index (κ2) is 5.05. The SMILES string of the molecule is CCCSc1nc(Cl)c2ncn(C3CCC3)c2n1. The average Bonchev–Trinajstić information content (AvgIpc) is 2.69. The number of nitrogens with zero attached hydrogens (tertiary/aromatic N) is 4. The molecule has 0 spiro atoms. The number of rotatable bonds is 4. The van der Waals surface area contributed by atoms with E-state index in [9.17, 15) is 0 Å². The van der Waals surface area contributed by atoms with Crippen LogP contribution in [0.1, 0.15) is 38.6 Å². The second-order valence-corrected chi connectivity index (χ2v) is 5.97. The molecule has 18 heavy (non-hydrogen) atoms. The number of aromatic nitrogens is 4.